The molecule has 1 rings (SSSR count). The van der Waals surface area contributed by atoms with Crippen LogP contribution in [0.1, 0.15) is 32.3 Å². The van der Waals surface area contributed by atoms with Crippen LogP contribution in [-0.2, 0) is 6.18 Å². The third-order valence-corrected chi connectivity index (χ3v) is 4.01. The summed E-state index contributed by atoms with van der Waals surface area (Å²) >= 11 is 5.63. The minimum absolute atomic E-state index is 0.0124. The van der Waals surface area contributed by atoms with Gasteiger partial charge >= 0.3 is 6.18 Å². The van der Waals surface area contributed by atoms with Crippen molar-refractivity contribution in [3.63, 3.8) is 0 Å². The number of aliphatic hydroxyl groups is 1. The van der Waals surface area contributed by atoms with E-state index in [0.717, 1.165) is 6.07 Å². The number of halogens is 4. The lowest BCUT2D eigenvalue weighted by Crippen LogP contribution is -2.32. The van der Waals surface area contributed by atoms with Crippen LogP contribution in [0.15, 0.2) is 18.2 Å². The second-order valence-corrected chi connectivity index (χ2v) is 5.34. The van der Waals surface area contributed by atoms with Crippen molar-refractivity contribution in [3.05, 3.63) is 28.8 Å². The Labute approximate surface area is 121 Å². The van der Waals surface area contributed by atoms with E-state index in [2.05, 4.69) is 5.32 Å². The van der Waals surface area contributed by atoms with Gasteiger partial charge in [0, 0.05) is 22.7 Å². The molecule has 0 aliphatic rings. The van der Waals surface area contributed by atoms with Crippen molar-refractivity contribution in [2.24, 2.45) is 5.41 Å². The lowest BCUT2D eigenvalue weighted by Gasteiger charge is -2.30. The van der Waals surface area contributed by atoms with E-state index in [1.54, 1.807) is 0 Å². The van der Waals surface area contributed by atoms with E-state index in [-0.39, 0.29) is 23.9 Å². The summed E-state index contributed by atoms with van der Waals surface area (Å²) in [7, 11) is 0. The predicted molar refractivity (Wildman–Crippen MR) is 75.0 cm³/mol. The lowest BCUT2D eigenvalue weighted by molar-refractivity contribution is -0.137. The van der Waals surface area contributed by atoms with Gasteiger partial charge in [0.1, 0.15) is 0 Å². The zero-order valence-corrected chi connectivity index (χ0v) is 12.3. The molecule has 0 spiro atoms. The Morgan fingerprint density at radius 3 is 2.25 bits per heavy atom. The van der Waals surface area contributed by atoms with Gasteiger partial charge in [-0.05, 0) is 31.0 Å². The largest absolute Gasteiger partial charge is 0.418 e. The Kier molecular flexibility index (Phi) is 5.71. The lowest BCUT2D eigenvalue weighted by atomic mass is 9.83. The van der Waals surface area contributed by atoms with Gasteiger partial charge in [0.25, 0.3) is 0 Å². The number of alkyl halides is 3. The minimum Gasteiger partial charge on any atom is -0.396 e. The third kappa shape index (κ3) is 4.03. The third-order valence-electron chi connectivity index (χ3n) is 3.78. The maximum atomic E-state index is 12.9. The van der Waals surface area contributed by atoms with Gasteiger partial charge in [-0.25, -0.2) is 0 Å². The van der Waals surface area contributed by atoms with Crippen molar-refractivity contribution in [3.8, 4) is 0 Å². The molecule has 0 heterocycles. The molecule has 0 atom stereocenters. The van der Waals surface area contributed by atoms with E-state index in [0.29, 0.717) is 12.8 Å². The number of hydrogen-bond donors (Lipinski definition) is 2. The van der Waals surface area contributed by atoms with Crippen molar-refractivity contribution >= 4 is 17.3 Å². The molecule has 2 nitrogen and oxygen atoms in total. The average Bonchev–Trinajstić information content (AvgIpc) is 2.41. The van der Waals surface area contributed by atoms with Gasteiger partial charge in [-0.2, -0.15) is 13.2 Å². The Hall–Kier alpha value is -0.940. The maximum Gasteiger partial charge on any atom is 0.418 e. The maximum absolute atomic E-state index is 12.9. The first-order valence-electron chi connectivity index (χ1n) is 6.49. The molecule has 0 aliphatic carbocycles. The van der Waals surface area contributed by atoms with Crippen LogP contribution in [0, 0.1) is 5.41 Å². The number of anilines is 1. The van der Waals surface area contributed by atoms with E-state index in [4.69, 9.17) is 11.6 Å². The zero-order chi connectivity index (χ0) is 15.4. The van der Waals surface area contributed by atoms with Crippen LogP contribution in [0.4, 0.5) is 18.9 Å². The topological polar surface area (TPSA) is 32.3 Å². The van der Waals surface area contributed by atoms with Crippen molar-refractivity contribution in [2.75, 3.05) is 18.5 Å². The molecule has 20 heavy (non-hydrogen) atoms. The molecule has 0 saturated heterocycles. The molecule has 0 aromatic heterocycles. The molecular weight excluding hydrogens is 291 g/mol. The fourth-order valence-electron chi connectivity index (χ4n) is 1.97. The Balaban J connectivity index is 2.98. The van der Waals surface area contributed by atoms with Gasteiger partial charge in [-0.15, -0.1) is 0 Å². The summed E-state index contributed by atoms with van der Waals surface area (Å²) in [5.74, 6) is 0. The second kappa shape index (κ2) is 6.68. The van der Waals surface area contributed by atoms with Crippen LogP contribution in [0.25, 0.3) is 0 Å². The molecule has 0 saturated carbocycles. The van der Waals surface area contributed by atoms with Gasteiger partial charge in [-0.1, -0.05) is 25.4 Å². The van der Waals surface area contributed by atoms with Gasteiger partial charge in [0.15, 0.2) is 0 Å². The minimum atomic E-state index is -4.46. The van der Waals surface area contributed by atoms with Crippen LogP contribution in [0.2, 0.25) is 5.02 Å². The summed E-state index contributed by atoms with van der Waals surface area (Å²) in [4.78, 5) is 0. The molecule has 0 fully saturated rings. The zero-order valence-electron chi connectivity index (χ0n) is 11.5. The van der Waals surface area contributed by atoms with Crippen LogP contribution in [-0.4, -0.2) is 18.3 Å². The highest BCUT2D eigenvalue weighted by Crippen LogP contribution is 2.37. The molecule has 1 aromatic carbocycles. The summed E-state index contributed by atoms with van der Waals surface area (Å²) in [6.07, 6.45) is -3.10. The molecule has 0 radical (unpaired) electrons. The Bertz CT molecular complexity index is 436. The quantitative estimate of drug-likeness (QED) is 0.807. The van der Waals surface area contributed by atoms with E-state index in [1.807, 2.05) is 13.8 Å². The van der Waals surface area contributed by atoms with Crippen molar-refractivity contribution in [1.29, 1.82) is 0 Å². The van der Waals surface area contributed by atoms with E-state index >= 15 is 0 Å². The summed E-state index contributed by atoms with van der Waals surface area (Å²) in [5.41, 5.74) is -1.21. The van der Waals surface area contributed by atoms with Crippen LogP contribution >= 0.6 is 11.6 Å². The van der Waals surface area contributed by atoms with E-state index in [1.165, 1.54) is 12.1 Å². The highest BCUT2D eigenvalue weighted by atomic mass is 35.5. The average molecular weight is 310 g/mol. The Morgan fingerprint density at radius 1 is 1.20 bits per heavy atom. The van der Waals surface area contributed by atoms with Crippen LogP contribution < -0.4 is 5.32 Å². The molecular formula is C14H19ClF3NO. The molecule has 0 aliphatic heterocycles. The second-order valence-electron chi connectivity index (χ2n) is 4.91. The van der Waals surface area contributed by atoms with Gasteiger partial charge in [-0.3, -0.25) is 0 Å². The van der Waals surface area contributed by atoms with Crippen molar-refractivity contribution in [2.45, 2.75) is 32.9 Å². The first-order chi connectivity index (χ1) is 9.28. The number of nitrogens with one attached hydrogen (secondary N) is 1. The standard InChI is InChI=1S/C14H19ClF3NO/c1-3-13(4-2,9-20)8-19-12-6-5-10(15)7-11(12)14(16,17)18/h5-7,19-20H,3-4,8-9H2,1-2H3. The molecule has 0 amide bonds. The first kappa shape index (κ1) is 17.1. The summed E-state index contributed by atoms with van der Waals surface area (Å²) in [6, 6.07) is 3.64. The van der Waals surface area contributed by atoms with Crippen molar-refractivity contribution < 1.29 is 18.3 Å². The molecule has 1 aromatic rings. The summed E-state index contributed by atoms with van der Waals surface area (Å²) in [6.45, 7) is 4.03. The highest BCUT2D eigenvalue weighted by Gasteiger charge is 2.34. The van der Waals surface area contributed by atoms with Crippen LogP contribution in [0.5, 0.6) is 0 Å². The van der Waals surface area contributed by atoms with E-state index in [9.17, 15) is 18.3 Å². The predicted octanol–water partition coefficient (Wildman–Crippen LogP) is 4.57. The molecule has 2 N–H and O–H groups in total. The molecule has 0 unspecified atom stereocenters. The van der Waals surface area contributed by atoms with Gasteiger partial charge in [0.05, 0.1) is 12.2 Å². The monoisotopic (exact) mass is 309 g/mol. The normalized spacial score (nSPS) is 12.6. The first-order valence-corrected chi connectivity index (χ1v) is 6.87. The SMILES string of the molecule is CCC(CC)(CO)CNc1ccc(Cl)cc1C(F)(F)F. The summed E-state index contributed by atoms with van der Waals surface area (Å²) in [5, 5.41) is 12.3. The number of hydrogen-bond acceptors (Lipinski definition) is 2. The van der Waals surface area contributed by atoms with Crippen LogP contribution in [0.3, 0.4) is 0 Å². The number of aliphatic hydroxyl groups excluding tert-OH is 1. The van der Waals surface area contributed by atoms with Gasteiger partial charge in [0.2, 0.25) is 0 Å². The molecule has 0 bridgehead atoms. The number of rotatable bonds is 6. The molecule has 6 heteroatoms. The summed E-state index contributed by atoms with van der Waals surface area (Å²) < 4.78 is 38.8. The Morgan fingerprint density at radius 2 is 1.80 bits per heavy atom. The fourth-order valence-corrected chi connectivity index (χ4v) is 2.14. The number of benzene rings is 1. The molecule has 114 valence electrons. The smallest absolute Gasteiger partial charge is 0.396 e. The fraction of sp³-hybridized carbons (Fsp3) is 0.571. The van der Waals surface area contributed by atoms with Crippen molar-refractivity contribution in [1.82, 2.24) is 0 Å². The highest BCUT2D eigenvalue weighted by molar-refractivity contribution is 6.30. The van der Waals surface area contributed by atoms with Gasteiger partial charge < -0.3 is 10.4 Å². The van der Waals surface area contributed by atoms with E-state index < -0.39 is 17.2 Å².